The first-order chi connectivity index (χ1) is 8.22. The van der Waals surface area contributed by atoms with Crippen LogP contribution in [-0.2, 0) is 0 Å². The van der Waals surface area contributed by atoms with E-state index in [-0.39, 0.29) is 17.0 Å². The fourth-order valence-corrected chi connectivity index (χ4v) is 1.48. The van der Waals surface area contributed by atoms with E-state index < -0.39 is 5.82 Å². The molecule has 1 aromatic carbocycles. The molecule has 5 heteroatoms. The molecule has 0 bridgehead atoms. The highest BCUT2D eigenvalue weighted by Gasteiger charge is 2.12. The molecule has 2 aromatic rings. The molecule has 86 valence electrons. The molecule has 17 heavy (non-hydrogen) atoms. The summed E-state index contributed by atoms with van der Waals surface area (Å²) in [6.45, 7) is 0. The van der Waals surface area contributed by atoms with Gasteiger partial charge in [-0.2, -0.15) is 0 Å². The van der Waals surface area contributed by atoms with Crippen molar-refractivity contribution in [3.63, 3.8) is 0 Å². The summed E-state index contributed by atoms with van der Waals surface area (Å²) in [4.78, 5) is 3.83. The number of nitrogens with zero attached hydrogens (tertiary/aromatic N) is 2. The Morgan fingerprint density at radius 1 is 1.18 bits per heavy atom. The first-order valence-electron chi connectivity index (χ1n) is 4.83. The third-order valence-electron chi connectivity index (χ3n) is 2.27. The lowest BCUT2D eigenvalue weighted by atomic mass is 10.0. The number of hydrogen-bond donors (Lipinski definition) is 2. The van der Waals surface area contributed by atoms with Gasteiger partial charge in [-0.05, 0) is 24.3 Å². The Morgan fingerprint density at radius 2 is 1.88 bits per heavy atom. The Kier molecular flexibility index (Phi) is 3.00. The molecule has 0 saturated carbocycles. The van der Waals surface area contributed by atoms with Gasteiger partial charge in [0.1, 0.15) is 17.3 Å². The first-order valence-corrected chi connectivity index (χ1v) is 4.83. The molecule has 2 N–H and O–H groups in total. The molecule has 0 amide bonds. The number of halogens is 1. The summed E-state index contributed by atoms with van der Waals surface area (Å²) >= 11 is 0. The third kappa shape index (κ3) is 2.23. The average molecular weight is 232 g/mol. The van der Waals surface area contributed by atoms with Gasteiger partial charge in [-0.1, -0.05) is 5.16 Å². The van der Waals surface area contributed by atoms with Crippen LogP contribution in [0.4, 0.5) is 4.39 Å². The smallest absolute Gasteiger partial charge is 0.128 e. The molecule has 0 unspecified atom stereocenters. The Labute approximate surface area is 96.7 Å². The van der Waals surface area contributed by atoms with Crippen molar-refractivity contribution < 1.29 is 14.7 Å². The van der Waals surface area contributed by atoms with E-state index in [9.17, 15) is 9.50 Å². The van der Waals surface area contributed by atoms with Crippen LogP contribution in [0.3, 0.4) is 0 Å². The summed E-state index contributed by atoms with van der Waals surface area (Å²) in [7, 11) is 0. The standard InChI is InChI=1S/C12H9FN2O2/c13-9-1-2-10(11(16)7-9)12(15-17)8-3-5-14-6-4-8/h1-7,16-17H/b15-12+. The third-order valence-corrected chi connectivity index (χ3v) is 2.27. The van der Waals surface area contributed by atoms with Gasteiger partial charge in [-0.3, -0.25) is 4.98 Å². The topological polar surface area (TPSA) is 65.7 Å². The van der Waals surface area contributed by atoms with Crippen molar-refractivity contribution in [3.8, 4) is 5.75 Å². The van der Waals surface area contributed by atoms with Crippen LogP contribution in [0.2, 0.25) is 0 Å². The normalized spacial score (nSPS) is 11.5. The maximum absolute atomic E-state index is 12.8. The summed E-state index contributed by atoms with van der Waals surface area (Å²) in [6, 6.07) is 6.74. The average Bonchev–Trinajstić information content (AvgIpc) is 2.34. The molecule has 2 rings (SSSR count). The summed E-state index contributed by atoms with van der Waals surface area (Å²) in [5, 5.41) is 21.7. The minimum absolute atomic E-state index is 0.157. The Bertz CT molecular complexity index is 556. The summed E-state index contributed by atoms with van der Waals surface area (Å²) < 4.78 is 12.8. The predicted molar refractivity (Wildman–Crippen MR) is 59.7 cm³/mol. The van der Waals surface area contributed by atoms with Crippen LogP contribution in [0.15, 0.2) is 47.9 Å². The minimum atomic E-state index is -0.557. The number of aromatic nitrogens is 1. The monoisotopic (exact) mass is 232 g/mol. The molecule has 0 fully saturated rings. The maximum atomic E-state index is 12.8. The van der Waals surface area contributed by atoms with E-state index in [0.717, 1.165) is 6.07 Å². The molecule has 0 saturated heterocycles. The van der Waals surface area contributed by atoms with E-state index in [1.807, 2.05) is 0 Å². The molecular formula is C12H9FN2O2. The molecule has 0 aliphatic carbocycles. The number of phenols is 1. The zero-order valence-corrected chi connectivity index (χ0v) is 8.71. The molecule has 4 nitrogen and oxygen atoms in total. The van der Waals surface area contributed by atoms with Crippen LogP contribution in [-0.4, -0.2) is 21.0 Å². The zero-order chi connectivity index (χ0) is 12.3. The fraction of sp³-hybridized carbons (Fsp3) is 0. The predicted octanol–water partition coefficient (Wildman–Crippen LogP) is 2.15. The van der Waals surface area contributed by atoms with Gasteiger partial charge in [0, 0.05) is 29.6 Å². The second-order valence-corrected chi connectivity index (χ2v) is 3.35. The Morgan fingerprint density at radius 3 is 2.47 bits per heavy atom. The lowest BCUT2D eigenvalue weighted by molar-refractivity contribution is 0.319. The highest BCUT2D eigenvalue weighted by atomic mass is 19.1. The Balaban J connectivity index is 2.51. The molecular weight excluding hydrogens is 223 g/mol. The van der Waals surface area contributed by atoms with Gasteiger partial charge in [-0.25, -0.2) is 4.39 Å². The number of benzene rings is 1. The fourth-order valence-electron chi connectivity index (χ4n) is 1.48. The van der Waals surface area contributed by atoms with Gasteiger partial charge < -0.3 is 10.3 Å². The zero-order valence-electron chi connectivity index (χ0n) is 8.71. The summed E-state index contributed by atoms with van der Waals surface area (Å²) in [5.41, 5.74) is 0.981. The molecule has 0 aliphatic heterocycles. The van der Waals surface area contributed by atoms with Crippen molar-refractivity contribution in [3.05, 3.63) is 59.7 Å². The van der Waals surface area contributed by atoms with Crippen molar-refractivity contribution in [1.29, 1.82) is 0 Å². The second kappa shape index (κ2) is 4.61. The van der Waals surface area contributed by atoms with Crippen LogP contribution in [0, 0.1) is 5.82 Å². The second-order valence-electron chi connectivity index (χ2n) is 3.35. The van der Waals surface area contributed by atoms with Crippen LogP contribution in [0.5, 0.6) is 5.75 Å². The van der Waals surface area contributed by atoms with Crippen LogP contribution >= 0.6 is 0 Å². The van der Waals surface area contributed by atoms with Gasteiger partial charge in [0.05, 0.1) is 0 Å². The lowest BCUT2D eigenvalue weighted by Gasteiger charge is -2.06. The van der Waals surface area contributed by atoms with E-state index in [1.54, 1.807) is 12.1 Å². The largest absolute Gasteiger partial charge is 0.507 e. The van der Waals surface area contributed by atoms with Crippen LogP contribution in [0.25, 0.3) is 0 Å². The minimum Gasteiger partial charge on any atom is -0.507 e. The number of pyridine rings is 1. The Hall–Kier alpha value is -2.43. The number of hydrogen-bond acceptors (Lipinski definition) is 4. The molecule has 0 spiro atoms. The van der Waals surface area contributed by atoms with Crippen molar-refractivity contribution >= 4 is 5.71 Å². The van der Waals surface area contributed by atoms with Gasteiger partial charge in [-0.15, -0.1) is 0 Å². The van der Waals surface area contributed by atoms with E-state index in [1.165, 1.54) is 24.5 Å². The van der Waals surface area contributed by atoms with Crippen molar-refractivity contribution in [2.75, 3.05) is 0 Å². The number of oxime groups is 1. The summed E-state index contributed by atoms with van der Waals surface area (Å²) in [6.07, 6.45) is 3.06. The summed E-state index contributed by atoms with van der Waals surface area (Å²) in [5.74, 6) is -0.840. The van der Waals surface area contributed by atoms with E-state index in [2.05, 4.69) is 10.1 Å². The van der Waals surface area contributed by atoms with E-state index >= 15 is 0 Å². The highest BCUT2D eigenvalue weighted by Crippen LogP contribution is 2.21. The van der Waals surface area contributed by atoms with Gasteiger partial charge in [0.15, 0.2) is 0 Å². The van der Waals surface area contributed by atoms with Gasteiger partial charge in [0.2, 0.25) is 0 Å². The molecule has 0 aliphatic rings. The van der Waals surface area contributed by atoms with Crippen molar-refractivity contribution in [2.24, 2.45) is 5.16 Å². The maximum Gasteiger partial charge on any atom is 0.128 e. The number of phenolic OH excluding ortho intramolecular Hbond substituents is 1. The van der Waals surface area contributed by atoms with E-state index in [4.69, 9.17) is 5.21 Å². The quantitative estimate of drug-likeness (QED) is 0.473. The van der Waals surface area contributed by atoms with Gasteiger partial charge in [0.25, 0.3) is 0 Å². The highest BCUT2D eigenvalue weighted by molar-refractivity contribution is 6.14. The van der Waals surface area contributed by atoms with E-state index in [0.29, 0.717) is 5.56 Å². The lowest BCUT2D eigenvalue weighted by Crippen LogP contribution is -2.04. The molecule has 1 aromatic heterocycles. The SMILES string of the molecule is O/N=C(\c1ccncc1)c1ccc(F)cc1O. The number of aromatic hydroxyl groups is 1. The molecule has 1 heterocycles. The van der Waals surface area contributed by atoms with Gasteiger partial charge >= 0.3 is 0 Å². The molecule has 0 atom stereocenters. The van der Waals surface area contributed by atoms with Crippen LogP contribution < -0.4 is 0 Å². The molecule has 0 radical (unpaired) electrons. The van der Waals surface area contributed by atoms with Crippen LogP contribution in [0.1, 0.15) is 11.1 Å². The number of rotatable bonds is 2. The van der Waals surface area contributed by atoms with Crippen molar-refractivity contribution in [1.82, 2.24) is 4.98 Å². The first kappa shape index (κ1) is 11.1. The van der Waals surface area contributed by atoms with Crippen molar-refractivity contribution in [2.45, 2.75) is 0 Å².